The minimum atomic E-state index is 0.946. The third-order valence-electron chi connectivity index (χ3n) is 7.15. The zero-order chi connectivity index (χ0) is 41.0. The maximum Gasteiger partial charge on any atom is 0.0602 e. The monoisotopic (exact) mass is 794 g/mol. The Labute approximate surface area is 357 Å². The van der Waals surface area contributed by atoms with E-state index in [0.717, 1.165) is 20.9 Å². The molecule has 0 bridgehead atoms. The molecule has 1 aromatic carbocycles. The van der Waals surface area contributed by atoms with Gasteiger partial charge in [-0.1, -0.05) is 11.8 Å². The summed E-state index contributed by atoms with van der Waals surface area (Å²) in [5.41, 5.74) is 4.42. The SMILES string of the molecule is C#CC#CC#CC#CC#CC#CC#CC#Cc1cc(C)sc1-c1cc2c(C)c3sc(-c4sc(C)cc4C#CC#CC#CC#CC#CC#CC#CC#C)cc3c(C)c2s1. The molecule has 0 aliphatic rings. The van der Waals surface area contributed by atoms with Gasteiger partial charge in [0.1, 0.15) is 0 Å². The zero-order valence-corrected chi connectivity index (χ0v) is 34.4. The molecule has 4 aromatic heterocycles. The van der Waals surface area contributed by atoms with E-state index in [1.807, 2.05) is 0 Å². The van der Waals surface area contributed by atoms with E-state index in [2.05, 4.69) is 230 Å². The summed E-state index contributed by atoms with van der Waals surface area (Å²) >= 11 is 7.07. The van der Waals surface area contributed by atoms with Crippen molar-refractivity contribution >= 4 is 65.5 Å². The van der Waals surface area contributed by atoms with Crippen LogP contribution in [0.5, 0.6) is 0 Å². The van der Waals surface area contributed by atoms with E-state index < -0.39 is 0 Å². The molecule has 0 aliphatic carbocycles. The predicted octanol–water partition coefficient (Wildman–Crippen LogP) is 8.82. The molecule has 0 N–H and O–H groups in total. The third kappa shape index (κ3) is 11.3. The van der Waals surface area contributed by atoms with Crippen LogP contribution in [0.15, 0.2) is 24.3 Å². The lowest BCUT2D eigenvalue weighted by atomic mass is 10.0. The van der Waals surface area contributed by atoms with Crippen molar-refractivity contribution in [2.24, 2.45) is 0 Å². The smallest absolute Gasteiger partial charge is 0.0602 e. The number of hydrogen-bond acceptors (Lipinski definition) is 4. The number of fused-ring (bicyclic) bond motifs is 2. The molecule has 0 radical (unpaired) electrons. The van der Waals surface area contributed by atoms with Crippen LogP contribution in [-0.2, 0) is 0 Å². The van der Waals surface area contributed by atoms with E-state index in [0.29, 0.717) is 0 Å². The molecule has 0 unspecified atom stereocenters. The Morgan fingerprint density at radius 2 is 0.621 bits per heavy atom. The summed E-state index contributed by atoms with van der Waals surface area (Å²) in [5, 5.41) is 2.51. The molecule has 258 valence electrons. The van der Waals surface area contributed by atoms with Crippen molar-refractivity contribution in [3.8, 4) is 210 Å². The minimum Gasteiger partial charge on any atom is -0.138 e. The van der Waals surface area contributed by atoms with Crippen molar-refractivity contribution in [2.45, 2.75) is 27.7 Å². The van der Waals surface area contributed by atoms with Gasteiger partial charge in [-0.2, -0.15) is 0 Å². The Bertz CT molecular complexity index is 3300. The summed E-state index contributed by atoms with van der Waals surface area (Å²) in [6.07, 6.45) is 10.0. The molecule has 4 heterocycles. The second-order valence-corrected chi connectivity index (χ2v) is 15.6. The number of thiophene rings is 4. The number of terminal acetylenes is 2. The first kappa shape index (κ1) is 40.7. The molecule has 0 aliphatic heterocycles. The van der Waals surface area contributed by atoms with Crippen molar-refractivity contribution in [2.75, 3.05) is 0 Å². The number of hydrogen-bond donors (Lipinski definition) is 0. The van der Waals surface area contributed by atoms with E-state index >= 15 is 0 Å². The van der Waals surface area contributed by atoms with E-state index in [9.17, 15) is 0 Å². The average molecular weight is 795 g/mol. The summed E-state index contributed by atoms with van der Waals surface area (Å²) < 4.78 is 2.55. The van der Waals surface area contributed by atoms with Crippen molar-refractivity contribution in [1.82, 2.24) is 0 Å². The minimum absolute atomic E-state index is 0.946. The summed E-state index contributed by atoms with van der Waals surface area (Å²) in [4.78, 5) is 7.00. The van der Waals surface area contributed by atoms with Crippen LogP contribution in [0.2, 0.25) is 0 Å². The van der Waals surface area contributed by atoms with Gasteiger partial charge in [0.05, 0.1) is 9.75 Å². The topological polar surface area (TPSA) is 0 Å². The fourth-order valence-corrected chi connectivity index (χ4v) is 9.53. The van der Waals surface area contributed by atoms with Crippen LogP contribution in [0.1, 0.15) is 32.0 Å². The summed E-state index contributed by atoms with van der Waals surface area (Å²) in [6, 6.07) is 8.81. The Morgan fingerprint density at radius 1 is 0.345 bits per heavy atom. The van der Waals surface area contributed by atoms with Crippen LogP contribution >= 0.6 is 45.3 Å². The Balaban J connectivity index is 1.35. The van der Waals surface area contributed by atoms with Crippen molar-refractivity contribution in [1.29, 1.82) is 0 Å². The van der Waals surface area contributed by atoms with Gasteiger partial charge < -0.3 is 0 Å². The van der Waals surface area contributed by atoms with Gasteiger partial charge in [0, 0.05) is 40.0 Å². The molecule has 0 saturated carbocycles. The van der Waals surface area contributed by atoms with Crippen LogP contribution in [0.4, 0.5) is 0 Å². The molecular formula is C54H18S4. The van der Waals surface area contributed by atoms with Crippen LogP contribution < -0.4 is 0 Å². The number of rotatable bonds is 2. The summed E-state index contributed by atoms with van der Waals surface area (Å²) in [7, 11) is 0. The normalized spacial score (nSPS) is 7.76. The van der Waals surface area contributed by atoms with Gasteiger partial charge in [-0.25, -0.2) is 0 Å². The lowest BCUT2D eigenvalue weighted by Crippen LogP contribution is -1.79. The molecule has 0 saturated heterocycles. The molecular weight excluding hydrogens is 777 g/mol. The number of benzene rings is 1. The van der Waals surface area contributed by atoms with E-state index in [1.165, 1.54) is 50.8 Å². The first-order valence-electron chi connectivity index (χ1n) is 16.5. The maximum absolute atomic E-state index is 5.02. The Hall–Kier alpha value is -8.50. The molecule has 0 fully saturated rings. The Kier molecular flexibility index (Phi) is 15.0. The lowest BCUT2D eigenvalue weighted by Gasteiger charge is -2.03. The third-order valence-corrected chi connectivity index (χ3v) is 12.1. The molecule has 58 heavy (non-hydrogen) atoms. The highest BCUT2D eigenvalue weighted by Crippen LogP contribution is 2.48. The van der Waals surface area contributed by atoms with Gasteiger partial charge in [-0.05, 0) is 240 Å². The Morgan fingerprint density at radius 3 is 0.914 bits per heavy atom. The highest BCUT2D eigenvalue weighted by atomic mass is 32.1. The van der Waals surface area contributed by atoms with Gasteiger partial charge >= 0.3 is 0 Å². The first-order chi connectivity index (χ1) is 28.4. The fraction of sp³-hybridized carbons (Fsp3) is 0.0741. The predicted molar refractivity (Wildman–Crippen MR) is 248 cm³/mol. The van der Waals surface area contributed by atoms with Crippen LogP contribution in [0, 0.1) is 218 Å². The van der Waals surface area contributed by atoms with Gasteiger partial charge in [0.2, 0.25) is 0 Å². The fourth-order valence-electron chi connectivity index (χ4n) is 4.90. The standard InChI is InChI=1S/C54H18S4/c1-7-9-11-13-15-17-19-21-23-25-27-29-31-33-35-45-37-41(3)55-53(45)49-39-47-43(5)52-48(44(6)51(47)57-49)40-50(58-52)54-46(38-42(4)56-54)36-34-32-30-28-26-24-22-20-18-16-14-12-10-8-2/h1-2,37-40H,3-6H3. The van der Waals surface area contributed by atoms with E-state index in [-0.39, 0.29) is 0 Å². The average Bonchev–Trinajstić information content (AvgIpc) is 4.02. The lowest BCUT2D eigenvalue weighted by molar-refractivity contribution is 1.58. The molecule has 5 rings (SSSR count). The molecule has 5 aromatic rings. The molecule has 4 heteroatoms. The van der Waals surface area contributed by atoms with Crippen molar-refractivity contribution < 1.29 is 0 Å². The van der Waals surface area contributed by atoms with Gasteiger partial charge in [-0.3, -0.25) is 0 Å². The number of aryl methyl sites for hydroxylation is 4. The highest BCUT2D eigenvalue weighted by molar-refractivity contribution is 7.28. The summed E-state index contributed by atoms with van der Waals surface area (Å²) in [5.74, 6) is 78.7. The quantitative estimate of drug-likeness (QED) is 0.157. The van der Waals surface area contributed by atoms with E-state index in [4.69, 9.17) is 12.8 Å². The van der Waals surface area contributed by atoms with Gasteiger partial charge in [0.15, 0.2) is 0 Å². The second-order valence-electron chi connectivity index (χ2n) is 10.9. The van der Waals surface area contributed by atoms with Crippen LogP contribution in [0.25, 0.3) is 39.7 Å². The zero-order valence-electron chi connectivity index (χ0n) is 31.1. The summed E-state index contributed by atoms with van der Waals surface area (Å²) in [6.45, 7) is 8.60. The van der Waals surface area contributed by atoms with Crippen LogP contribution in [-0.4, -0.2) is 0 Å². The molecule has 0 spiro atoms. The van der Waals surface area contributed by atoms with E-state index in [1.54, 1.807) is 45.3 Å². The van der Waals surface area contributed by atoms with Crippen molar-refractivity contribution in [3.63, 3.8) is 0 Å². The molecule has 0 amide bonds. The van der Waals surface area contributed by atoms with Crippen molar-refractivity contribution in [3.05, 3.63) is 56.3 Å². The largest absolute Gasteiger partial charge is 0.138 e. The second kappa shape index (κ2) is 21.4. The highest BCUT2D eigenvalue weighted by Gasteiger charge is 2.19. The van der Waals surface area contributed by atoms with Gasteiger partial charge in [-0.15, -0.1) is 58.2 Å². The molecule has 0 nitrogen and oxygen atoms in total. The van der Waals surface area contributed by atoms with Crippen LogP contribution in [0.3, 0.4) is 0 Å². The maximum atomic E-state index is 5.02. The molecule has 0 atom stereocenters. The van der Waals surface area contributed by atoms with Gasteiger partial charge in [0.25, 0.3) is 0 Å². The first-order valence-corrected chi connectivity index (χ1v) is 19.8.